The van der Waals surface area contributed by atoms with E-state index in [9.17, 15) is 0 Å². The average molecular weight is 274 g/mol. The molecule has 0 saturated heterocycles. The lowest BCUT2D eigenvalue weighted by Gasteiger charge is -2.15. The van der Waals surface area contributed by atoms with Gasteiger partial charge in [0.1, 0.15) is 0 Å². The Labute approximate surface area is 119 Å². The van der Waals surface area contributed by atoms with E-state index in [1.165, 1.54) is 30.5 Å². The minimum Gasteiger partial charge on any atom is -0.383 e. The number of aryl methyl sites for hydroxylation is 1. The summed E-state index contributed by atoms with van der Waals surface area (Å²) in [5.74, 6) is 0. The van der Waals surface area contributed by atoms with E-state index in [1.54, 1.807) is 11.3 Å². The summed E-state index contributed by atoms with van der Waals surface area (Å²) in [6.45, 7) is 6.52. The number of rotatable bonds is 6. The van der Waals surface area contributed by atoms with Crippen LogP contribution in [0.1, 0.15) is 38.1 Å². The van der Waals surface area contributed by atoms with Crippen LogP contribution >= 0.6 is 11.3 Å². The zero-order valence-electron chi connectivity index (χ0n) is 11.9. The molecule has 1 aromatic carbocycles. The molecule has 2 aromatic rings. The van der Waals surface area contributed by atoms with Crippen LogP contribution < -0.4 is 5.32 Å². The normalized spacial score (nSPS) is 12.4. The third-order valence-corrected chi connectivity index (χ3v) is 3.95. The molecule has 1 atom stereocenters. The number of hydrogen-bond acceptors (Lipinski definition) is 3. The van der Waals surface area contributed by atoms with Crippen molar-refractivity contribution in [2.75, 3.05) is 5.32 Å². The van der Waals surface area contributed by atoms with E-state index in [2.05, 4.69) is 53.8 Å². The molecule has 1 aromatic heterocycles. The SMILES string of the molecule is CCCCC(C)Nc1cccc(-c2csc(C)n2)c1. The molecule has 0 radical (unpaired) electrons. The van der Waals surface area contributed by atoms with Crippen LogP contribution in [0.2, 0.25) is 0 Å². The molecule has 1 heterocycles. The first kappa shape index (κ1) is 14.1. The van der Waals surface area contributed by atoms with Crippen LogP contribution in [-0.4, -0.2) is 11.0 Å². The third-order valence-electron chi connectivity index (χ3n) is 3.18. The van der Waals surface area contributed by atoms with Crippen LogP contribution in [0.15, 0.2) is 29.6 Å². The van der Waals surface area contributed by atoms with Gasteiger partial charge in [-0.05, 0) is 32.4 Å². The molecule has 0 aliphatic heterocycles. The number of nitrogens with one attached hydrogen (secondary N) is 1. The van der Waals surface area contributed by atoms with E-state index >= 15 is 0 Å². The third kappa shape index (κ3) is 4.06. The summed E-state index contributed by atoms with van der Waals surface area (Å²) in [6.07, 6.45) is 3.75. The fraction of sp³-hybridized carbons (Fsp3) is 0.438. The van der Waals surface area contributed by atoms with E-state index in [1.807, 2.05) is 6.92 Å². The number of hydrogen-bond donors (Lipinski definition) is 1. The molecule has 2 rings (SSSR count). The Morgan fingerprint density at radius 1 is 1.37 bits per heavy atom. The van der Waals surface area contributed by atoms with Crippen molar-refractivity contribution in [3.63, 3.8) is 0 Å². The highest BCUT2D eigenvalue weighted by Gasteiger charge is 2.05. The van der Waals surface area contributed by atoms with Gasteiger partial charge in [0, 0.05) is 22.7 Å². The van der Waals surface area contributed by atoms with Crippen molar-refractivity contribution in [3.05, 3.63) is 34.7 Å². The monoisotopic (exact) mass is 274 g/mol. The van der Waals surface area contributed by atoms with Crippen molar-refractivity contribution >= 4 is 17.0 Å². The zero-order valence-corrected chi connectivity index (χ0v) is 12.8. The Bertz CT molecular complexity index is 519. The molecule has 1 unspecified atom stereocenters. The number of thiazole rings is 1. The van der Waals surface area contributed by atoms with Crippen LogP contribution in [0.4, 0.5) is 5.69 Å². The van der Waals surface area contributed by atoms with Crippen molar-refractivity contribution in [3.8, 4) is 11.3 Å². The van der Waals surface area contributed by atoms with Gasteiger partial charge in [0.05, 0.1) is 10.7 Å². The summed E-state index contributed by atoms with van der Waals surface area (Å²) in [5, 5.41) is 6.80. The topological polar surface area (TPSA) is 24.9 Å². The first-order valence-corrected chi connectivity index (χ1v) is 7.86. The van der Waals surface area contributed by atoms with Gasteiger partial charge in [0.15, 0.2) is 0 Å². The summed E-state index contributed by atoms with van der Waals surface area (Å²) in [4.78, 5) is 4.54. The standard InChI is InChI=1S/C16H22N2S/c1-4-5-7-12(2)17-15-9-6-8-14(10-15)16-11-19-13(3)18-16/h6,8-12,17H,4-5,7H2,1-3H3. The molecule has 0 amide bonds. The summed E-state index contributed by atoms with van der Waals surface area (Å²) in [6, 6.07) is 9.06. The van der Waals surface area contributed by atoms with Gasteiger partial charge in [-0.15, -0.1) is 11.3 Å². The first-order chi connectivity index (χ1) is 9.19. The predicted octanol–water partition coefficient (Wildman–Crippen LogP) is 5.11. The van der Waals surface area contributed by atoms with Crippen molar-refractivity contribution < 1.29 is 0 Å². The molecule has 0 saturated carbocycles. The van der Waals surface area contributed by atoms with E-state index in [-0.39, 0.29) is 0 Å². The fourth-order valence-corrected chi connectivity index (χ4v) is 2.75. The minimum absolute atomic E-state index is 0.521. The Balaban J connectivity index is 2.07. The Morgan fingerprint density at radius 3 is 2.89 bits per heavy atom. The lowest BCUT2D eigenvalue weighted by Crippen LogP contribution is -2.14. The van der Waals surface area contributed by atoms with Crippen LogP contribution in [0.5, 0.6) is 0 Å². The molecular weight excluding hydrogens is 252 g/mol. The lowest BCUT2D eigenvalue weighted by atomic mass is 10.1. The van der Waals surface area contributed by atoms with Crippen LogP contribution in [-0.2, 0) is 0 Å². The molecule has 0 spiro atoms. The maximum atomic E-state index is 4.54. The Kier molecular flexibility index (Phi) is 4.97. The highest BCUT2D eigenvalue weighted by Crippen LogP contribution is 2.24. The Morgan fingerprint density at radius 2 is 2.21 bits per heavy atom. The number of benzene rings is 1. The van der Waals surface area contributed by atoms with E-state index in [0.717, 1.165) is 10.7 Å². The van der Waals surface area contributed by atoms with Gasteiger partial charge in [0.2, 0.25) is 0 Å². The fourth-order valence-electron chi connectivity index (χ4n) is 2.13. The minimum atomic E-state index is 0.521. The van der Waals surface area contributed by atoms with E-state index in [0.29, 0.717) is 6.04 Å². The second kappa shape index (κ2) is 6.71. The van der Waals surface area contributed by atoms with Crippen LogP contribution in [0, 0.1) is 6.92 Å². The van der Waals surface area contributed by atoms with Gasteiger partial charge in [-0.3, -0.25) is 0 Å². The quantitative estimate of drug-likeness (QED) is 0.791. The average Bonchev–Trinajstić information content (AvgIpc) is 2.83. The maximum absolute atomic E-state index is 4.54. The molecule has 1 N–H and O–H groups in total. The maximum Gasteiger partial charge on any atom is 0.0901 e. The highest BCUT2D eigenvalue weighted by atomic mass is 32.1. The van der Waals surface area contributed by atoms with Gasteiger partial charge in [-0.25, -0.2) is 4.98 Å². The smallest absolute Gasteiger partial charge is 0.0901 e. The molecule has 0 aliphatic carbocycles. The van der Waals surface area contributed by atoms with Crippen molar-refractivity contribution in [2.45, 2.75) is 46.1 Å². The van der Waals surface area contributed by atoms with Crippen molar-refractivity contribution in [1.29, 1.82) is 0 Å². The predicted molar refractivity (Wildman–Crippen MR) is 84.9 cm³/mol. The highest BCUT2D eigenvalue weighted by molar-refractivity contribution is 7.09. The largest absolute Gasteiger partial charge is 0.383 e. The number of aromatic nitrogens is 1. The van der Waals surface area contributed by atoms with Crippen molar-refractivity contribution in [2.24, 2.45) is 0 Å². The number of anilines is 1. The summed E-state index contributed by atoms with van der Waals surface area (Å²) < 4.78 is 0. The molecule has 2 nitrogen and oxygen atoms in total. The molecule has 19 heavy (non-hydrogen) atoms. The number of nitrogens with zero attached hydrogens (tertiary/aromatic N) is 1. The molecule has 102 valence electrons. The van der Waals surface area contributed by atoms with Gasteiger partial charge in [0.25, 0.3) is 0 Å². The second-order valence-electron chi connectivity index (χ2n) is 5.02. The van der Waals surface area contributed by atoms with Gasteiger partial charge >= 0.3 is 0 Å². The molecule has 0 aliphatic rings. The number of unbranched alkanes of at least 4 members (excludes halogenated alkanes) is 1. The lowest BCUT2D eigenvalue weighted by molar-refractivity contribution is 0.645. The van der Waals surface area contributed by atoms with Gasteiger partial charge in [-0.2, -0.15) is 0 Å². The van der Waals surface area contributed by atoms with Gasteiger partial charge < -0.3 is 5.32 Å². The van der Waals surface area contributed by atoms with E-state index < -0.39 is 0 Å². The van der Waals surface area contributed by atoms with E-state index in [4.69, 9.17) is 0 Å². The summed E-state index contributed by atoms with van der Waals surface area (Å²) in [5.41, 5.74) is 3.45. The second-order valence-corrected chi connectivity index (χ2v) is 6.08. The zero-order chi connectivity index (χ0) is 13.7. The molecular formula is C16H22N2S. The van der Waals surface area contributed by atoms with Crippen LogP contribution in [0.25, 0.3) is 11.3 Å². The van der Waals surface area contributed by atoms with Gasteiger partial charge in [-0.1, -0.05) is 31.9 Å². The summed E-state index contributed by atoms with van der Waals surface area (Å²) >= 11 is 1.70. The summed E-state index contributed by atoms with van der Waals surface area (Å²) in [7, 11) is 0. The Hall–Kier alpha value is -1.35. The van der Waals surface area contributed by atoms with Crippen LogP contribution in [0.3, 0.4) is 0 Å². The molecule has 3 heteroatoms. The molecule has 0 fully saturated rings. The first-order valence-electron chi connectivity index (χ1n) is 6.98. The van der Waals surface area contributed by atoms with Crippen molar-refractivity contribution in [1.82, 2.24) is 4.98 Å². The molecule has 0 bridgehead atoms.